The molecule has 0 heterocycles. The number of ether oxygens (including phenoxy) is 1. The summed E-state index contributed by atoms with van der Waals surface area (Å²) in [7, 11) is 0. The molecule has 1 N–H and O–H groups in total. The fourth-order valence-electron chi connectivity index (χ4n) is 2.42. The first-order valence-corrected chi connectivity index (χ1v) is 9.13. The SMILES string of the molecule is CCCCCCCCCCCCOC(=O)N[C@H](C(=O)[O-])C(C)C.[Na+]. The smallest absolute Gasteiger partial charge is 0.548 e. The van der Waals surface area contributed by atoms with E-state index in [9.17, 15) is 14.7 Å². The number of unbranched alkanes of at least 4 members (excludes halogenated alkanes) is 9. The van der Waals surface area contributed by atoms with E-state index in [-0.39, 0.29) is 35.5 Å². The first kappa shape index (κ1) is 26.0. The Balaban J connectivity index is 0. The zero-order valence-corrected chi connectivity index (χ0v) is 18.1. The number of carbonyl (C=O) groups is 2. The van der Waals surface area contributed by atoms with Crippen LogP contribution in [0.25, 0.3) is 0 Å². The van der Waals surface area contributed by atoms with Crippen LogP contribution in [0.15, 0.2) is 0 Å². The van der Waals surface area contributed by atoms with Crippen LogP contribution in [0.1, 0.15) is 85.0 Å². The zero-order valence-electron chi connectivity index (χ0n) is 16.1. The van der Waals surface area contributed by atoms with Gasteiger partial charge in [-0.1, -0.05) is 78.6 Å². The van der Waals surface area contributed by atoms with Crippen molar-refractivity contribution in [2.45, 2.75) is 91.0 Å². The van der Waals surface area contributed by atoms with E-state index in [1.54, 1.807) is 13.8 Å². The van der Waals surface area contributed by atoms with Gasteiger partial charge in [0.05, 0.1) is 18.6 Å². The van der Waals surface area contributed by atoms with Gasteiger partial charge in [0, 0.05) is 0 Å². The molecule has 0 aliphatic rings. The van der Waals surface area contributed by atoms with Gasteiger partial charge in [-0.05, 0) is 12.3 Å². The number of amides is 1. The van der Waals surface area contributed by atoms with Crippen molar-refractivity contribution in [2.24, 2.45) is 5.92 Å². The van der Waals surface area contributed by atoms with Gasteiger partial charge in [-0.3, -0.25) is 0 Å². The Morgan fingerprint density at radius 1 is 0.917 bits per heavy atom. The maximum absolute atomic E-state index is 11.5. The van der Waals surface area contributed by atoms with E-state index in [0.29, 0.717) is 6.61 Å². The molecule has 6 heteroatoms. The van der Waals surface area contributed by atoms with Gasteiger partial charge in [-0.15, -0.1) is 0 Å². The molecular formula is C18H34NNaO4. The summed E-state index contributed by atoms with van der Waals surface area (Å²) in [5.74, 6) is -1.51. The minimum atomic E-state index is -1.28. The number of carboxylic acids is 1. The molecule has 0 aliphatic carbocycles. The Morgan fingerprint density at radius 3 is 1.79 bits per heavy atom. The van der Waals surface area contributed by atoms with Gasteiger partial charge in [0.2, 0.25) is 0 Å². The monoisotopic (exact) mass is 351 g/mol. The third kappa shape index (κ3) is 15.3. The van der Waals surface area contributed by atoms with Crippen LogP contribution >= 0.6 is 0 Å². The van der Waals surface area contributed by atoms with Gasteiger partial charge >= 0.3 is 35.7 Å². The van der Waals surface area contributed by atoms with Crippen molar-refractivity contribution in [3.63, 3.8) is 0 Å². The maximum atomic E-state index is 11.5. The van der Waals surface area contributed by atoms with Gasteiger partial charge in [0.25, 0.3) is 0 Å². The summed E-state index contributed by atoms with van der Waals surface area (Å²) in [6.45, 7) is 5.98. The second-order valence-corrected chi connectivity index (χ2v) is 6.50. The first-order chi connectivity index (χ1) is 11.0. The van der Waals surface area contributed by atoms with Crippen LogP contribution in [0.3, 0.4) is 0 Å². The summed E-state index contributed by atoms with van der Waals surface area (Å²) in [5, 5.41) is 13.2. The Bertz CT molecular complexity index is 324. The fraction of sp³-hybridized carbons (Fsp3) is 0.889. The molecular weight excluding hydrogens is 317 g/mol. The van der Waals surface area contributed by atoms with Crippen molar-refractivity contribution in [1.82, 2.24) is 5.32 Å². The number of carbonyl (C=O) groups excluding carboxylic acids is 2. The molecule has 0 radical (unpaired) electrons. The van der Waals surface area contributed by atoms with Crippen LogP contribution in [0.5, 0.6) is 0 Å². The number of nitrogens with one attached hydrogen (secondary N) is 1. The molecule has 0 bridgehead atoms. The van der Waals surface area contributed by atoms with E-state index < -0.39 is 18.1 Å². The van der Waals surface area contributed by atoms with Gasteiger partial charge in [-0.25, -0.2) is 4.79 Å². The number of aliphatic carboxylic acids is 1. The van der Waals surface area contributed by atoms with E-state index in [0.717, 1.165) is 19.3 Å². The van der Waals surface area contributed by atoms with Crippen molar-refractivity contribution in [2.75, 3.05) is 6.61 Å². The van der Waals surface area contributed by atoms with Gasteiger partial charge in [-0.2, -0.15) is 0 Å². The fourth-order valence-corrected chi connectivity index (χ4v) is 2.42. The largest absolute Gasteiger partial charge is 1.00 e. The molecule has 0 aromatic carbocycles. The molecule has 1 atom stereocenters. The number of alkyl carbamates (subject to hydrolysis) is 1. The van der Waals surface area contributed by atoms with Crippen LogP contribution in [0, 0.1) is 5.92 Å². The average molecular weight is 351 g/mol. The molecule has 0 aromatic heterocycles. The second kappa shape index (κ2) is 17.6. The molecule has 0 rings (SSSR count). The van der Waals surface area contributed by atoms with Crippen LogP contribution in [-0.2, 0) is 9.53 Å². The molecule has 0 aromatic rings. The predicted molar refractivity (Wildman–Crippen MR) is 90.0 cm³/mol. The second-order valence-electron chi connectivity index (χ2n) is 6.50. The minimum Gasteiger partial charge on any atom is -0.548 e. The van der Waals surface area contributed by atoms with Crippen LogP contribution in [0.2, 0.25) is 0 Å². The van der Waals surface area contributed by atoms with Crippen LogP contribution in [0.4, 0.5) is 4.79 Å². The van der Waals surface area contributed by atoms with E-state index in [2.05, 4.69) is 12.2 Å². The topological polar surface area (TPSA) is 78.5 Å². The maximum Gasteiger partial charge on any atom is 1.00 e. The zero-order chi connectivity index (χ0) is 17.5. The quantitative estimate of drug-likeness (QED) is 0.363. The van der Waals surface area contributed by atoms with Crippen molar-refractivity contribution in [3.05, 3.63) is 0 Å². The Kier molecular flexibility index (Phi) is 19.0. The minimum absolute atomic E-state index is 0. The summed E-state index contributed by atoms with van der Waals surface area (Å²) < 4.78 is 5.00. The van der Waals surface area contributed by atoms with Crippen molar-refractivity contribution >= 4 is 12.1 Å². The molecule has 0 saturated heterocycles. The van der Waals surface area contributed by atoms with E-state index in [1.807, 2.05) is 0 Å². The predicted octanol–water partition coefficient (Wildman–Crippen LogP) is 0.412. The summed E-state index contributed by atoms with van der Waals surface area (Å²) in [4.78, 5) is 22.4. The Morgan fingerprint density at radius 2 is 1.38 bits per heavy atom. The summed E-state index contributed by atoms with van der Waals surface area (Å²) in [6, 6.07) is -1.00. The molecule has 0 unspecified atom stereocenters. The van der Waals surface area contributed by atoms with Crippen LogP contribution < -0.4 is 40.0 Å². The van der Waals surface area contributed by atoms with Gasteiger partial charge in [0.1, 0.15) is 0 Å². The standard InChI is InChI=1S/C18H35NO4.Na/c1-4-5-6-7-8-9-10-11-12-13-14-23-18(22)19-16(15(2)3)17(20)21;/h15-16H,4-14H2,1-3H3,(H,19,22)(H,20,21);/q;+1/p-1/t16-;/m0./s1. The Labute approximate surface area is 169 Å². The van der Waals surface area contributed by atoms with Crippen molar-refractivity contribution < 1.29 is 49.0 Å². The molecule has 1 amide bonds. The first-order valence-electron chi connectivity index (χ1n) is 9.13. The number of carboxylic acid groups (broad SMARTS) is 1. The van der Waals surface area contributed by atoms with Gasteiger partial charge in [0.15, 0.2) is 0 Å². The molecule has 0 saturated carbocycles. The molecule has 0 spiro atoms. The number of hydrogen-bond acceptors (Lipinski definition) is 4. The third-order valence-electron chi connectivity index (χ3n) is 3.93. The summed E-state index contributed by atoms with van der Waals surface area (Å²) >= 11 is 0. The number of hydrogen-bond donors (Lipinski definition) is 1. The van der Waals surface area contributed by atoms with Crippen LogP contribution in [-0.4, -0.2) is 24.7 Å². The molecule has 24 heavy (non-hydrogen) atoms. The summed E-state index contributed by atoms with van der Waals surface area (Å²) in [6.07, 6.45) is 11.5. The third-order valence-corrected chi connectivity index (χ3v) is 3.93. The summed E-state index contributed by atoms with van der Waals surface area (Å²) in [5.41, 5.74) is 0. The normalized spacial score (nSPS) is 11.7. The molecule has 0 aliphatic heterocycles. The number of rotatable bonds is 14. The molecule has 0 fully saturated rings. The van der Waals surface area contributed by atoms with Gasteiger partial charge < -0.3 is 20.0 Å². The van der Waals surface area contributed by atoms with E-state index >= 15 is 0 Å². The van der Waals surface area contributed by atoms with Crippen molar-refractivity contribution in [3.8, 4) is 0 Å². The van der Waals surface area contributed by atoms with Crippen molar-refractivity contribution in [1.29, 1.82) is 0 Å². The van der Waals surface area contributed by atoms with E-state index in [4.69, 9.17) is 4.74 Å². The Hall–Kier alpha value is -0.260. The average Bonchev–Trinajstić information content (AvgIpc) is 2.49. The van der Waals surface area contributed by atoms with E-state index in [1.165, 1.54) is 44.9 Å². The molecule has 136 valence electrons. The molecule has 5 nitrogen and oxygen atoms in total.